The smallest absolute Gasteiger partial charge is 0.141 e. The molecule has 0 unspecified atom stereocenters. The minimum absolute atomic E-state index is 0.457. The van der Waals surface area contributed by atoms with Gasteiger partial charge in [0.25, 0.3) is 0 Å². The first-order chi connectivity index (χ1) is 9.78. The van der Waals surface area contributed by atoms with Gasteiger partial charge in [0, 0.05) is 18.2 Å². The van der Waals surface area contributed by atoms with Crippen LogP contribution in [-0.2, 0) is 0 Å². The highest BCUT2D eigenvalue weighted by atomic mass is 16.5. The van der Waals surface area contributed by atoms with Gasteiger partial charge in [0.05, 0.1) is 7.11 Å². The van der Waals surface area contributed by atoms with Crippen molar-refractivity contribution in [3.05, 3.63) is 36.4 Å². The van der Waals surface area contributed by atoms with Gasteiger partial charge in [-0.05, 0) is 50.7 Å². The van der Waals surface area contributed by atoms with Crippen molar-refractivity contribution < 1.29 is 4.74 Å². The lowest BCUT2D eigenvalue weighted by molar-refractivity contribution is 0.244. The number of hydrogen-bond acceptors (Lipinski definition) is 4. The predicted octanol–water partition coefficient (Wildman–Crippen LogP) is 2.09. The second-order valence-corrected chi connectivity index (χ2v) is 5.36. The Kier molecular flexibility index (Phi) is 3.69. The van der Waals surface area contributed by atoms with Crippen molar-refractivity contribution in [1.29, 1.82) is 0 Å². The van der Waals surface area contributed by atoms with Gasteiger partial charge in [-0.3, -0.25) is 4.57 Å². The van der Waals surface area contributed by atoms with Crippen LogP contribution in [0.5, 0.6) is 5.75 Å². The van der Waals surface area contributed by atoms with Gasteiger partial charge in [-0.1, -0.05) is 0 Å². The summed E-state index contributed by atoms with van der Waals surface area (Å²) in [4.78, 5) is 2.36. The minimum Gasteiger partial charge on any atom is -0.497 e. The molecule has 1 atom stereocenters. The molecule has 0 radical (unpaired) electrons. The van der Waals surface area contributed by atoms with E-state index < -0.39 is 0 Å². The fourth-order valence-electron chi connectivity index (χ4n) is 2.84. The number of rotatable bonds is 3. The molecule has 1 aliphatic rings. The molecule has 5 heteroatoms. The Hall–Kier alpha value is -1.88. The van der Waals surface area contributed by atoms with Crippen LogP contribution >= 0.6 is 0 Å². The summed E-state index contributed by atoms with van der Waals surface area (Å²) in [5.41, 5.74) is 1.08. The first-order valence-electron chi connectivity index (χ1n) is 7.01. The largest absolute Gasteiger partial charge is 0.497 e. The zero-order valence-corrected chi connectivity index (χ0v) is 12.0. The van der Waals surface area contributed by atoms with E-state index in [4.69, 9.17) is 4.74 Å². The lowest BCUT2D eigenvalue weighted by Gasteiger charge is -2.29. The Morgan fingerprint density at radius 3 is 2.75 bits per heavy atom. The van der Waals surface area contributed by atoms with Crippen LogP contribution in [0.2, 0.25) is 0 Å². The molecule has 0 spiro atoms. The zero-order valence-electron chi connectivity index (χ0n) is 12.0. The summed E-state index contributed by atoms with van der Waals surface area (Å²) in [6.45, 7) is 2.22. The van der Waals surface area contributed by atoms with Crippen molar-refractivity contribution in [2.24, 2.45) is 0 Å². The molecule has 1 aliphatic heterocycles. The molecule has 3 rings (SSSR count). The first-order valence-corrected chi connectivity index (χ1v) is 7.01. The highest BCUT2D eigenvalue weighted by Gasteiger charge is 2.23. The van der Waals surface area contributed by atoms with E-state index in [0.29, 0.717) is 5.92 Å². The molecular formula is C15H20N4O. The third kappa shape index (κ3) is 2.54. The molecule has 0 aliphatic carbocycles. The van der Waals surface area contributed by atoms with Crippen LogP contribution in [0.4, 0.5) is 0 Å². The predicted molar refractivity (Wildman–Crippen MR) is 77.4 cm³/mol. The monoisotopic (exact) mass is 272 g/mol. The van der Waals surface area contributed by atoms with Crippen molar-refractivity contribution in [2.75, 3.05) is 27.2 Å². The second kappa shape index (κ2) is 5.63. The SMILES string of the molecule is COc1ccc(-n2cnnc2[C@@H]2CCCN(C)C2)cc1. The molecule has 1 aromatic heterocycles. The molecule has 106 valence electrons. The molecule has 1 aromatic carbocycles. The summed E-state index contributed by atoms with van der Waals surface area (Å²) in [6, 6.07) is 8.01. The van der Waals surface area contributed by atoms with Crippen LogP contribution < -0.4 is 4.74 Å². The minimum atomic E-state index is 0.457. The number of piperidine rings is 1. The summed E-state index contributed by atoms with van der Waals surface area (Å²) in [5.74, 6) is 2.38. The van der Waals surface area contributed by atoms with E-state index in [1.54, 1.807) is 13.4 Å². The lowest BCUT2D eigenvalue weighted by atomic mass is 9.97. The number of likely N-dealkylation sites (tertiary alicyclic amines) is 1. The molecule has 20 heavy (non-hydrogen) atoms. The summed E-state index contributed by atoms with van der Waals surface area (Å²) >= 11 is 0. The van der Waals surface area contributed by atoms with Crippen molar-refractivity contribution >= 4 is 0 Å². The van der Waals surface area contributed by atoms with E-state index in [9.17, 15) is 0 Å². The average molecular weight is 272 g/mol. The number of benzene rings is 1. The molecule has 1 saturated heterocycles. The van der Waals surface area contributed by atoms with Gasteiger partial charge in [-0.2, -0.15) is 0 Å². The van der Waals surface area contributed by atoms with Crippen molar-refractivity contribution in [2.45, 2.75) is 18.8 Å². The van der Waals surface area contributed by atoms with E-state index in [1.807, 2.05) is 24.3 Å². The highest BCUT2D eigenvalue weighted by Crippen LogP contribution is 2.26. The number of ether oxygens (including phenoxy) is 1. The van der Waals surface area contributed by atoms with E-state index >= 15 is 0 Å². The third-order valence-corrected chi connectivity index (χ3v) is 3.91. The molecule has 0 N–H and O–H groups in total. The standard InChI is InChI=1S/C15H20N4O/c1-18-9-3-4-12(10-18)15-17-16-11-19(15)13-5-7-14(20-2)8-6-13/h5-8,11-12H,3-4,9-10H2,1-2H3/t12-/m1/s1. The second-order valence-electron chi connectivity index (χ2n) is 5.36. The topological polar surface area (TPSA) is 43.2 Å². The molecule has 5 nitrogen and oxygen atoms in total. The van der Waals surface area contributed by atoms with Crippen molar-refractivity contribution in [3.63, 3.8) is 0 Å². The Balaban J connectivity index is 1.88. The van der Waals surface area contributed by atoms with Crippen molar-refractivity contribution in [3.8, 4) is 11.4 Å². The number of methoxy groups -OCH3 is 1. The van der Waals surface area contributed by atoms with Gasteiger partial charge in [0.1, 0.15) is 17.9 Å². The van der Waals surface area contributed by atoms with Gasteiger partial charge >= 0.3 is 0 Å². The van der Waals surface area contributed by atoms with Gasteiger partial charge in [0.15, 0.2) is 0 Å². The van der Waals surface area contributed by atoms with E-state index in [-0.39, 0.29) is 0 Å². The number of nitrogens with zero attached hydrogens (tertiary/aromatic N) is 4. The third-order valence-electron chi connectivity index (χ3n) is 3.91. The summed E-state index contributed by atoms with van der Waals surface area (Å²) in [7, 11) is 3.84. The number of aromatic nitrogens is 3. The quantitative estimate of drug-likeness (QED) is 0.858. The molecule has 0 amide bonds. The van der Waals surface area contributed by atoms with Crippen LogP contribution in [-0.4, -0.2) is 46.9 Å². The molecule has 0 bridgehead atoms. The molecular weight excluding hydrogens is 252 g/mol. The molecule has 2 heterocycles. The first kappa shape index (κ1) is 13.1. The Bertz CT molecular complexity index is 564. The van der Waals surface area contributed by atoms with Gasteiger partial charge in [-0.25, -0.2) is 0 Å². The fourth-order valence-corrected chi connectivity index (χ4v) is 2.84. The maximum Gasteiger partial charge on any atom is 0.141 e. The van der Waals surface area contributed by atoms with Gasteiger partial charge < -0.3 is 9.64 Å². The lowest BCUT2D eigenvalue weighted by Crippen LogP contribution is -2.32. The Morgan fingerprint density at radius 1 is 1.25 bits per heavy atom. The zero-order chi connectivity index (χ0) is 13.9. The summed E-state index contributed by atoms with van der Waals surface area (Å²) in [6.07, 6.45) is 4.20. The Labute approximate surface area is 119 Å². The van der Waals surface area contributed by atoms with Crippen LogP contribution in [0, 0.1) is 0 Å². The number of hydrogen-bond donors (Lipinski definition) is 0. The fraction of sp³-hybridized carbons (Fsp3) is 0.467. The highest BCUT2D eigenvalue weighted by molar-refractivity contribution is 5.38. The maximum absolute atomic E-state index is 5.20. The number of likely N-dealkylation sites (N-methyl/N-ethyl adjacent to an activating group) is 1. The van der Waals surface area contributed by atoms with E-state index in [1.165, 1.54) is 19.4 Å². The molecule has 0 saturated carbocycles. The van der Waals surface area contributed by atoms with E-state index in [0.717, 1.165) is 23.8 Å². The van der Waals surface area contributed by atoms with Gasteiger partial charge in [0.2, 0.25) is 0 Å². The van der Waals surface area contributed by atoms with Crippen LogP contribution in [0.25, 0.3) is 5.69 Å². The normalized spacial score (nSPS) is 20.0. The van der Waals surface area contributed by atoms with Crippen LogP contribution in [0.3, 0.4) is 0 Å². The summed E-state index contributed by atoms with van der Waals surface area (Å²) < 4.78 is 7.29. The Morgan fingerprint density at radius 2 is 2.05 bits per heavy atom. The van der Waals surface area contributed by atoms with Crippen LogP contribution in [0.15, 0.2) is 30.6 Å². The van der Waals surface area contributed by atoms with E-state index in [2.05, 4.69) is 26.7 Å². The molecule has 2 aromatic rings. The summed E-state index contributed by atoms with van der Waals surface area (Å²) in [5, 5.41) is 8.45. The van der Waals surface area contributed by atoms with Crippen LogP contribution in [0.1, 0.15) is 24.6 Å². The van der Waals surface area contributed by atoms with Crippen molar-refractivity contribution in [1.82, 2.24) is 19.7 Å². The average Bonchev–Trinajstić information content (AvgIpc) is 2.97. The maximum atomic E-state index is 5.20. The van der Waals surface area contributed by atoms with Gasteiger partial charge in [-0.15, -0.1) is 10.2 Å². The molecule has 1 fully saturated rings.